The minimum Gasteiger partial charge on any atom is -0.337 e. The van der Waals surface area contributed by atoms with Gasteiger partial charge in [-0.3, -0.25) is 0 Å². The van der Waals surface area contributed by atoms with Crippen LogP contribution >= 0.6 is 0 Å². The van der Waals surface area contributed by atoms with Gasteiger partial charge >= 0.3 is 0 Å². The Morgan fingerprint density at radius 1 is 0.744 bits per heavy atom. The lowest BCUT2D eigenvalue weighted by atomic mass is 9.97. The molecule has 0 aliphatic heterocycles. The number of fused-ring (bicyclic) bond motifs is 4. The van der Waals surface area contributed by atoms with Gasteiger partial charge < -0.3 is 9.13 Å². The molecular weight excluding hydrogens is 472 g/mol. The monoisotopic (exact) mass is 504 g/mol. The summed E-state index contributed by atoms with van der Waals surface area (Å²) in [5.41, 5.74) is 10.1. The van der Waals surface area contributed by atoms with Gasteiger partial charge in [-0.15, -0.1) is 0 Å². The van der Waals surface area contributed by atoms with Crippen molar-refractivity contribution in [1.29, 1.82) is 0 Å². The Kier molecular flexibility index (Phi) is 5.82. The molecule has 4 aromatic carbocycles. The molecule has 1 atom stereocenters. The van der Waals surface area contributed by atoms with Crippen molar-refractivity contribution in [3.63, 3.8) is 0 Å². The van der Waals surface area contributed by atoms with Crippen LogP contribution in [0.5, 0.6) is 0 Å². The zero-order chi connectivity index (χ0) is 26.3. The summed E-state index contributed by atoms with van der Waals surface area (Å²) < 4.78 is 5.08. The van der Waals surface area contributed by atoms with E-state index in [-0.39, 0.29) is 0 Å². The molecule has 2 nitrogen and oxygen atoms in total. The van der Waals surface area contributed by atoms with Gasteiger partial charge in [0.25, 0.3) is 0 Å². The molecule has 39 heavy (non-hydrogen) atoms. The normalized spacial score (nSPS) is 15.7. The van der Waals surface area contributed by atoms with Crippen LogP contribution in [-0.4, -0.2) is 9.13 Å². The first-order chi connectivity index (χ1) is 19.3. The predicted octanol–water partition coefficient (Wildman–Crippen LogP) is 10.2. The molecular formula is C37H32N2. The summed E-state index contributed by atoms with van der Waals surface area (Å²) in [5.74, 6) is 0. The lowest BCUT2D eigenvalue weighted by Gasteiger charge is -2.23. The van der Waals surface area contributed by atoms with E-state index in [2.05, 4.69) is 132 Å². The standard InChI is InChI=1S/C37H32N2/c1-3-4-19-29-26(2)38(27-15-7-5-8-16-27)36-31(29)21-13-23-33(36)34-24-14-22-32-30-20-11-12-25-35(30)39(37(32)34)28-17-9-6-10-18-28/h3-9,11-16,19-25,28H,1,10,17-18H2,2H3/b19-4-. The van der Waals surface area contributed by atoms with E-state index in [9.17, 15) is 0 Å². The van der Waals surface area contributed by atoms with E-state index in [1.807, 2.05) is 12.2 Å². The summed E-state index contributed by atoms with van der Waals surface area (Å²) in [6, 6.07) is 33.8. The lowest BCUT2D eigenvalue weighted by molar-refractivity contribution is 0.485. The highest BCUT2D eigenvalue weighted by Crippen LogP contribution is 2.44. The van der Waals surface area contributed by atoms with E-state index in [0.717, 1.165) is 12.8 Å². The second-order valence-corrected chi connectivity index (χ2v) is 10.5. The zero-order valence-electron chi connectivity index (χ0n) is 22.3. The predicted molar refractivity (Wildman–Crippen MR) is 168 cm³/mol. The molecule has 6 aromatic rings. The van der Waals surface area contributed by atoms with E-state index in [1.165, 1.54) is 67.2 Å². The fourth-order valence-electron chi connectivity index (χ4n) is 6.64. The number of hydrogen-bond acceptors (Lipinski definition) is 0. The Morgan fingerprint density at radius 2 is 1.46 bits per heavy atom. The summed E-state index contributed by atoms with van der Waals surface area (Å²) in [4.78, 5) is 0. The van der Waals surface area contributed by atoms with Crippen molar-refractivity contribution in [2.45, 2.75) is 32.2 Å². The second kappa shape index (κ2) is 9.63. The van der Waals surface area contributed by atoms with Crippen molar-refractivity contribution in [3.05, 3.63) is 133 Å². The Labute approximate surface area is 229 Å². The SMILES string of the molecule is C=C/C=C\c1c(C)n(-c2ccccc2)c2c(-c3cccc4c5ccccc5n(C5CC=CCC5)c34)cccc12. The molecule has 0 saturated carbocycles. The summed E-state index contributed by atoms with van der Waals surface area (Å²) in [7, 11) is 0. The minimum absolute atomic E-state index is 0.450. The van der Waals surface area contributed by atoms with Gasteiger partial charge in [-0.2, -0.15) is 0 Å². The number of para-hydroxylation sites is 4. The number of rotatable bonds is 5. The maximum atomic E-state index is 3.92. The molecule has 2 aromatic heterocycles. The topological polar surface area (TPSA) is 9.86 Å². The van der Waals surface area contributed by atoms with Gasteiger partial charge in [-0.1, -0.05) is 110 Å². The summed E-state index contributed by atoms with van der Waals surface area (Å²) in [5, 5.41) is 3.92. The fraction of sp³-hybridized carbons (Fsp3) is 0.135. The molecule has 0 saturated heterocycles. The highest BCUT2D eigenvalue weighted by Gasteiger charge is 2.24. The molecule has 2 heteroatoms. The van der Waals surface area contributed by atoms with Crippen molar-refractivity contribution < 1.29 is 0 Å². The van der Waals surface area contributed by atoms with Gasteiger partial charge in [0.1, 0.15) is 0 Å². The largest absolute Gasteiger partial charge is 0.337 e. The fourth-order valence-corrected chi connectivity index (χ4v) is 6.64. The number of allylic oxidation sites excluding steroid dienone is 4. The van der Waals surface area contributed by atoms with Crippen LogP contribution in [0.2, 0.25) is 0 Å². The molecule has 0 fully saturated rings. The molecule has 0 N–H and O–H groups in total. The average molecular weight is 505 g/mol. The van der Waals surface area contributed by atoms with Crippen LogP contribution in [0.4, 0.5) is 0 Å². The minimum atomic E-state index is 0.450. The zero-order valence-corrected chi connectivity index (χ0v) is 22.3. The number of nitrogens with zero attached hydrogens (tertiary/aromatic N) is 2. The van der Waals surface area contributed by atoms with Crippen LogP contribution in [0.25, 0.3) is 55.6 Å². The number of benzene rings is 4. The first-order valence-corrected chi connectivity index (χ1v) is 13.9. The van der Waals surface area contributed by atoms with Crippen molar-refractivity contribution in [1.82, 2.24) is 9.13 Å². The van der Waals surface area contributed by atoms with Crippen LogP contribution in [0.15, 0.2) is 122 Å². The van der Waals surface area contributed by atoms with Gasteiger partial charge in [0.2, 0.25) is 0 Å². The van der Waals surface area contributed by atoms with Crippen molar-refractivity contribution in [2.75, 3.05) is 0 Å². The van der Waals surface area contributed by atoms with Gasteiger partial charge in [-0.25, -0.2) is 0 Å². The van der Waals surface area contributed by atoms with E-state index >= 15 is 0 Å². The Balaban J connectivity index is 1.62. The molecule has 190 valence electrons. The molecule has 1 unspecified atom stereocenters. The highest BCUT2D eigenvalue weighted by molar-refractivity contribution is 6.15. The molecule has 1 aliphatic rings. The van der Waals surface area contributed by atoms with E-state index in [4.69, 9.17) is 0 Å². The second-order valence-electron chi connectivity index (χ2n) is 10.5. The first kappa shape index (κ1) is 23.5. The van der Waals surface area contributed by atoms with Crippen LogP contribution in [-0.2, 0) is 0 Å². The highest BCUT2D eigenvalue weighted by atomic mass is 15.0. The van der Waals surface area contributed by atoms with Crippen LogP contribution in [0.3, 0.4) is 0 Å². The first-order valence-electron chi connectivity index (χ1n) is 13.9. The number of aromatic nitrogens is 2. The van der Waals surface area contributed by atoms with Gasteiger partial charge in [0.15, 0.2) is 0 Å². The smallest absolute Gasteiger partial charge is 0.0616 e. The summed E-state index contributed by atoms with van der Waals surface area (Å²) in [6.07, 6.45) is 14.2. The Morgan fingerprint density at radius 3 is 2.23 bits per heavy atom. The summed E-state index contributed by atoms with van der Waals surface area (Å²) >= 11 is 0. The van der Waals surface area contributed by atoms with Crippen molar-refractivity contribution in [3.8, 4) is 16.8 Å². The van der Waals surface area contributed by atoms with E-state index in [1.54, 1.807) is 0 Å². The van der Waals surface area contributed by atoms with E-state index < -0.39 is 0 Å². The molecule has 1 aliphatic carbocycles. The van der Waals surface area contributed by atoms with Crippen molar-refractivity contribution >= 4 is 38.8 Å². The molecule has 0 amide bonds. The Bertz CT molecular complexity index is 1910. The van der Waals surface area contributed by atoms with Gasteiger partial charge in [0.05, 0.1) is 11.0 Å². The van der Waals surface area contributed by atoms with Gasteiger partial charge in [0, 0.05) is 55.8 Å². The molecule has 7 rings (SSSR count). The third-order valence-electron chi connectivity index (χ3n) is 8.32. The summed E-state index contributed by atoms with van der Waals surface area (Å²) in [6.45, 7) is 6.15. The number of hydrogen-bond donors (Lipinski definition) is 0. The third-order valence-corrected chi connectivity index (χ3v) is 8.32. The van der Waals surface area contributed by atoms with Crippen LogP contribution < -0.4 is 0 Å². The van der Waals surface area contributed by atoms with E-state index in [0.29, 0.717) is 6.04 Å². The van der Waals surface area contributed by atoms with Crippen LogP contribution in [0.1, 0.15) is 36.6 Å². The molecule has 0 radical (unpaired) electrons. The molecule has 0 bridgehead atoms. The average Bonchev–Trinajstić information content (AvgIpc) is 3.48. The Hall–Kier alpha value is -4.56. The molecule has 0 spiro atoms. The maximum Gasteiger partial charge on any atom is 0.0616 e. The lowest BCUT2D eigenvalue weighted by Crippen LogP contribution is -2.10. The molecule has 2 heterocycles. The maximum absolute atomic E-state index is 3.92. The quantitative estimate of drug-likeness (QED) is 0.163. The third kappa shape index (κ3) is 3.71. The van der Waals surface area contributed by atoms with Crippen molar-refractivity contribution in [2.24, 2.45) is 0 Å². The van der Waals surface area contributed by atoms with Crippen LogP contribution in [0, 0.1) is 6.92 Å². The van der Waals surface area contributed by atoms with Gasteiger partial charge in [-0.05, 0) is 44.4 Å².